The lowest BCUT2D eigenvalue weighted by atomic mass is 9.76. The van der Waals surface area contributed by atoms with E-state index in [0.717, 1.165) is 50.0 Å². The topological polar surface area (TPSA) is 97.5 Å². The van der Waals surface area contributed by atoms with Crippen molar-refractivity contribution in [3.63, 3.8) is 0 Å². The Labute approximate surface area is 194 Å². The minimum absolute atomic E-state index is 0. The number of primary amides is 1. The van der Waals surface area contributed by atoms with Gasteiger partial charge in [-0.05, 0) is 43.9 Å². The molecule has 2 N–H and O–H groups in total. The average Bonchev–Trinajstić information content (AvgIpc) is 2.79. The molecule has 0 bridgehead atoms. The summed E-state index contributed by atoms with van der Waals surface area (Å²) in [5, 5.41) is 6.63. The summed E-state index contributed by atoms with van der Waals surface area (Å²) < 4.78 is 10.9. The predicted octanol–water partition coefficient (Wildman–Crippen LogP) is 2.20. The largest absolute Gasteiger partial charge is 0.493 e. The van der Waals surface area contributed by atoms with Crippen LogP contribution < -0.4 is 15.2 Å². The molecule has 2 aliphatic heterocycles. The Bertz CT molecular complexity index is 911. The Balaban J connectivity index is 0.00000289. The number of carbonyl (C=O) groups excluding carboxylic acids is 2. The van der Waals surface area contributed by atoms with Crippen LogP contribution in [0.4, 0.5) is 0 Å². The van der Waals surface area contributed by atoms with Crippen molar-refractivity contribution in [1.82, 2.24) is 9.91 Å². The number of nitrogens with two attached hydrogens (primary N) is 1. The maximum atomic E-state index is 13.4. The van der Waals surface area contributed by atoms with E-state index in [1.165, 1.54) is 0 Å². The van der Waals surface area contributed by atoms with Gasteiger partial charge in [0.1, 0.15) is 0 Å². The highest BCUT2D eigenvalue weighted by Crippen LogP contribution is 2.38. The number of hydrazone groups is 1. The van der Waals surface area contributed by atoms with Gasteiger partial charge in [0.05, 0.1) is 38.4 Å². The number of fused-ring (bicyclic) bond motifs is 1. The van der Waals surface area contributed by atoms with Gasteiger partial charge >= 0.3 is 0 Å². The van der Waals surface area contributed by atoms with Crippen molar-refractivity contribution in [2.45, 2.75) is 31.7 Å². The number of halogens is 1. The van der Waals surface area contributed by atoms with Crippen molar-refractivity contribution < 1.29 is 19.1 Å². The van der Waals surface area contributed by atoms with Gasteiger partial charge in [-0.15, -0.1) is 12.4 Å². The summed E-state index contributed by atoms with van der Waals surface area (Å²) in [5.41, 5.74) is 7.21. The van der Waals surface area contributed by atoms with Crippen LogP contribution in [0.25, 0.3) is 0 Å². The fourth-order valence-corrected chi connectivity index (χ4v) is 4.87. The van der Waals surface area contributed by atoms with Gasteiger partial charge in [-0.2, -0.15) is 5.10 Å². The lowest BCUT2D eigenvalue weighted by molar-refractivity contribution is -0.141. The molecule has 0 aromatic heterocycles. The third-order valence-corrected chi connectivity index (χ3v) is 6.50. The predicted molar refractivity (Wildman–Crippen MR) is 124 cm³/mol. The van der Waals surface area contributed by atoms with E-state index in [1.54, 1.807) is 19.2 Å². The van der Waals surface area contributed by atoms with Crippen molar-refractivity contribution in [2.75, 3.05) is 33.9 Å². The molecule has 1 aromatic carbocycles. The number of amides is 2. The van der Waals surface area contributed by atoms with Crippen LogP contribution in [0.2, 0.25) is 0 Å². The molecule has 1 saturated heterocycles. The lowest BCUT2D eigenvalue weighted by Crippen LogP contribution is -2.52. The second-order valence-corrected chi connectivity index (χ2v) is 8.37. The van der Waals surface area contributed by atoms with E-state index in [0.29, 0.717) is 11.5 Å². The molecule has 0 spiro atoms. The van der Waals surface area contributed by atoms with Crippen LogP contribution in [0.5, 0.6) is 11.5 Å². The molecule has 174 valence electrons. The van der Waals surface area contributed by atoms with Gasteiger partial charge in [-0.1, -0.05) is 12.2 Å². The molecule has 2 amide bonds. The van der Waals surface area contributed by atoms with Gasteiger partial charge in [-0.3, -0.25) is 14.5 Å². The number of likely N-dealkylation sites (tertiary alicyclic amines) is 1. The van der Waals surface area contributed by atoms with Crippen molar-refractivity contribution >= 4 is 29.9 Å². The number of nitrogens with zero attached hydrogens (tertiary/aromatic N) is 3. The minimum atomic E-state index is -0.321. The van der Waals surface area contributed by atoms with Gasteiger partial charge in [0.15, 0.2) is 11.5 Å². The van der Waals surface area contributed by atoms with Crippen molar-refractivity contribution in [2.24, 2.45) is 22.7 Å². The first-order valence-electron chi connectivity index (χ1n) is 10.8. The Kier molecular flexibility index (Phi) is 7.79. The fourth-order valence-electron chi connectivity index (χ4n) is 4.87. The van der Waals surface area contributed by atoms with Crippen LogP contribution >= 0.6 is 12.4 Å². The molecule has 4 rings (SSSR count). The molecular formula is C23H31ClN4O4. The van der Waals surface area contributed by atoms with Gasteiger partial charge in [0.2, 0.25) is 11.8 Å². The zero-order chi connectivity index (χ0) is 22.0. The van der Waals surface area contributed by atoms with Crippen LogP contribution in [0.15, 0.2) is 35.5 Å². The van der Waals surface area contributed by atoms with E-state index in [2.05, 4.69) is 12.2 Å². The summed E-state index contributed by atoms with van der Waals surface area (Å²) in [6.45, 7) is 1.72. The molecule has 3 aliphatic rings. The summed E-state index contributed by atoms with van der Waals surface area (Å²) in [7, 11) is 3.23. The molecular weight excluding hydrogens is 432 g/mol. The summed E-state index contributed by atoms with van der Waals surface area (Å²) >= 11 is 0. The molecule has 1 aromatic rings. The van der Waals surface area contributed by atoms with E-state index in [-0.39, 0.29) is 48.6 Å². The summed E-state index contributed by atoms with van der Waals surface area (Å²) in [5.74, 6) is 1.05. The Morgan fingerprint density at radius 2 is 1.75 bits per heavy atom. The van der Waals surface area contributed by atoms with Gasteiger partial charge in [-0.25, -0.2) is 5.01 Å². The quantitative estimate of drug-likeness (QED) is 0.653. The Morgan fingerprint density at radius 3 is 2.38 bits per heavy atom. The summed E-state index contributed by atoms with van der Waals surface area (Å²) in [6.07, 6.45) is 7.32. The fraction of sp³-hybridized carbons (Fsp3) is 0.522. The number of allylic oxidation sites excluding steroid dienone is 2. The van der Waals surface area contributed by atoms with Crippen molar-refractivity contribution in [3.8, 4) is 11.5 Å². The van der Waals surface area contributed by atoms with E-state index in [9.17, 15) is 9.59 Å². The van der Waals surface area contributed by atoms with Crippen LogP contribution in [0.3, 0.4) is 0 Å². The third-order valence-electron chi connectivity index (χ3n) is 6.50. The number of piperidine rings is 1. The number of hydrogen-bond acceptors (Lipinski definition) is 6. The molecule has 9 heteroatoms. The van der Waals surface area contributed by atoms with Crippen molar-refractivity contribution in [1.29, 1.82) is 0 Å². The minimum Gasteiger partial charge on any atom is -0.493 e. The standard InChI is InChI=1S/C23H30N4O4.ClH/c1-30-19-8-7-15(13-20(19)31-2)22-17-5-3-4-6-18(17)23(29)27(25-22)16-9-11-26(12-10-16)14-21(24)28;/h3-4,7-8,13,16-18H,5-6,9-12,14H2,1-2H3,(H2,24,28);1H/t17-,18+;/m0./s1. The molecule has 2 atom stereocenters. The van der Waals surface area contributed by atoms with E-state index in [1.807, 2.05) is 23.1 Å². The van der Waals surface area contributed by atoms with Gasteiger partial charge < -0.3 is 15.2 Å². The maximum absolute atomic E-state index is 13.4. The number of carbonyl (C=O) groups is 2. The number of hydrogen-bond donors (Lipinski definition) is 1. The zero-order valence-corrected chi connectivity index (χ0v) is 19.3. The lowest BCUT2D eigenvalue weighted by Gasteiger charge is -2.42. The molecule has 8 nitrogen and oxygen atoms in total. The molecule has 1 fully saturated rings. The molecule has 0 unspecified atom stereocenters. The molecule has 0 saturated carbocycles. The van der Waals surface area contributed by atoms with E-state index in [4.69, 9.17) is 20.3 Å². The number of rotatable bonds is 6. The summed E-state index contributed by atoms with van der Waals surface area (Å²) in [4.78, 5) is 26.6. The molecule has 2 heterocycles. The monoisotopic (exact) mass is 462 g/mol. The van der Waals surface area contributed by atoms with E-state index < -0.39 is 0 Å². The smallest absolute Gasteiger partial charge is 0.247 e. The van der Waals surface area contributed by atoms with Crippen LogP contribution in [0.1, 0.15) is 31.2 Å². The molecule has 32 heavy (non-hydrogen) atoms. The normalized spacial score (nSPS) is 23.8. The highest BCUT2D eigenvalue weighted by atomic mass is 35.5. The van der Waals surface area contributed by atoms with E-state index >= 15 is 0 Å². The first kappa shape index (κ1) is 24.1. The summed E-state index contributed by atoms with van der Waals surface area (Å²) in [6, 6.07) is 5.83. The molecule has 0 radical (unpaired) electrons. The SMILES string of the molecule is COc1ccc(C2=NN(C3CCN(CC(N)=O)CC3)C(=O)[C@@H]3CC=CC[C@H]23)cc1OC.Cl. The second-order valence-electron chi connectivity index (χ2n) is 8.37. The Hall–Kier alpha value is -2.58. The maximum Gasteiger partial charge on any atom is 0.247 e. The van der Waals surface area contributed by atoms with Crippen LogP contribution in [0, 0.1) is 11.8 Å². The Morgan fingerprint density at radius 1 is 1.09 bits per heavy atom. The second kappa shape index (κ2) is 10.4. The zero-order valence-electron chi connectivity index (χ0n) is 18.5. The van der Waals surface area contributed by atoms with Crippen molar-refractivity contribution in [3.05, 3.63) is 35.9 Å². The molecule has 1 aliphatic carbocycles. The van der Waals surface area contributed by atoms with Crippen LogP contribution in [-0.2, 0) is 9.59 Å². The highest BCUT2D eigenvalue weighted by Gasteiger charge is 2.42. The highest BCUT2D eigenvalue weighted by molar-refractivity contribution is 6.07. The van der Waals surface area contributed by atoms with Gasteiger partial charge in [0.25, 0.3) is 0 Å². The first-order chi connectivity index (χ1) is 15.0. The van der Waals surface area contributed by atoms with Crippen LogP contribution in [-0.4, -0.2) is 67.3 Å². The third kappa shape index (κ3) is 4.76. The first-order valence-corrected chi connectivity index (χ1v) is 10.8. The van der Waals surface area contributed by atoms with Gasteiger partial charge in [0, 0.05) is 24.6 Å². The number of benzene rings is 1. The number of ether oxygens (including phenoxy) is 2. The average molecular weight is 463 g/mol. The number of methoxy groups -OCH3 is 2.